The molecule has 1 fully saturated rings. The molecule has 1 N–H and O–H groups in total. The van der Waals surface area contributed by atoms with Gasteiger partial charge in [-0.15, -0.1) is 12.4 Å². The molecule has 1 amide bonds. The number of hydrogen-bond acceptors (Lipinski definition) is 6. The number of carbonyl (C=O) groups is 1. The maximum Gasteiger partial charge on any atom is 0.409 e. The zero-order valence-corrected chi connectivity index (χ0v) is 19.0. The molecule has 166 valence electrons. The van der Waals surface area contributed by atoms with E-state index < -0.39 is 6.10 Å². The second-order valence-corrected chi connectivity index (χ2v) is 8.06. The molecule has 1 atom stereocenters. The van der Waals surface area contributed by atoms with Crippen molar-refractivity contribution in [2.45, 2.75) is 39.2 Å². The maximum atomic E-state index is 11.8. The average molecular weight is 431 g/mol. The SMILES string of the molecule is CCOC(=O)N1CCN(CC(O)COc2ccc(OC)cc2C(C)(C)C)CC1.Cl. The minimum Gasteiger partial charge on any atom is -0.497 e. The van der Waals surface area contributed by atoms with E-state index in [9.17, 15) is 9.90 Å². The lowest BCUT2D eigenvalue weighted by molar-refractivity contribution is 0.0404. The number of β-amino-alcohol motifs (C(OH)–C–C–N with tert-alkyl or cyclic N) is 1. The molecule has 0 spiro atoms. The van der Waals surface area contributed by atoms with Crippen molar-refractivity contribution in [2.24, 2.45) is 0 Å². The molecule has 0 saturated carbocycles. The number of hydrogen-bond donors (Lipinski definition) is 1. The Kier molecular flexibility index (Phi) is 10.0. The fourth-order valence-corrected chi connectivity index (χ4v) is 3.21. The molecule has 1 saturated heterocycles. The van der Waals surface area contributed by atoms with Crippen LogP contribution in [0.4, 0.5) is 4.79 Å². The lowest BCUT2D eigenvalue weighted by atomic mass is 9.86. The highest BCUT2D eigenvalue weighted by molar-refractivity contribution is 5.85. The third-order valence-corrected chi connectivity index (χ3v) is 4.79. The van der Waals surface area contributed by atoms with Crippen molar-refractivity contribution in [1.29, 1.82) is 0 Å². The molecule has 8 heteroatoms. The van der Waals surface area contributed by atoms with E-state index >= 15 is 0 Å². The van der Waals surface area contributed by atoms with Crippen molar-refractivity contribution >= 4 is 18.5 Å². The second-order valence-electron chi connectivity index (χ2n) is 8.06. The third-order valence-electron chi connectivity index (χ3n) is 4.79. The molecule has 0 bridgehead atoms. The van der Waals surface area contributed by atoms with Gasteiger partial charge in [-0.25, -0.2) is 4.79 Å². The molecule has 1 aliphatic heterocycles. The van der Waals surface area contributed by atoms with Crippen LogP contribution in [0.1, 0.15) is 33.3 Å². The number of halogens is 1. The summed E-state index contributed by atoms with van der Waals surface area (Å²) in [5, 5.41) is 10.4. The topological polar surface area (TPSA) is 71.5 Å². The van der Waals surface area contributed by atoms with Gasteiger partial charge in [0, 0.05) is 38.3 Å². The van der Waals surface area contributed by atoms with Crippen LogP contribution in [0.25, 0.3) is 0 Å². The lowest BCUT2D eigenvalue weighted by Crippen LogP contribution is -2.51. The van der Waals surface area contributed by atoms with Gasteiger partial charge in [-0.1, -0.05) is 20.8 Å². The minimum absolute atomic E-state index is 0. The van der Waals surface area contributed by atoms with Crippen molar-refractivity contribution in [3.05, 3.63) is 23.8 Å². The van der Waals surface area contributed by atoms with Crippen molar-refractivity contribution in [3.8, 4) is 11.5 Å². The summed E-state index contributed by atoms with van der Waals surface area (Å²) >= 11 is 0. The van der Waals surface area contributed by atoms with E-state index in [1.165, 1.54) is 0 Å². The monoisotopic (exact) mass is 430 g/mol. The number of ether oxygens (including phenoxy) is 3. The van der Waals surface area contributed by atoms with Crippen molar-refractivity contribution < 1.29 is 24.1 Å². The van der Waals surface area contributed by atoms with Crippen LogP contribution in [0.2, 0.25) is 0 Å². The fraction of sp³-hybridized carbons (Fsp3) is 0.667. The molecule has 1 aromatic rings. The van der Waals surface area contributed by atoms with E-state index in [0.29, 0.717) is 39.3 Å². The summed E-state index contributed by atoms with van der Waals surface area (Å²) in [5.74, 6) is 1.55. The van der Waals surface area contributed by atoms with E-state index in [4.69, 9.17) is 14.2 Å². The Hall–Kier alpha value is -1.70. The molecule has 29 heavy (non-hydrogen) atoms. The quantitative estimate of drug-likeness (QED) is 0.717. The Morgan fingerprint density at radius 1 is 1.21 bits per heavy atom. The Balaban J connectivity index is 0.00000420. The summed E-state index contributed by atoms with van der Waals surface area (Å²) in [7, 11) is 1.65. The number of benzene rings is 1. The molecule has 0 aromatic heterocycles. The standard InChI is InChI=1S/C21H34N2O5.ClH/c1-6-27-20(25)23-11-9-22(10-12-23)14-16(24)15-28-19-8-7-17(26-5)13-18(19)21(2,3)4;/h7-8,13,16,24H,6,9-12,14-15H2,1-5H3;1H. The first-order valence-electron chi connectivity index (χ1n) is 9.88. The van der Waals surface area contributed by atoms with Crippen LogP contribution in [0.5, 0.6) is 11.5 Å². The van der Waals surface area contributed by atoms with Crippen LogP contribution in [0.3, 0.4) is 0 Å². The summed E-state index contributed by atoms with van der Waals surface area (Å²) < 4.78 is 16.3. The first kappa shape index (κ1) is 25.3. The predicted molar refractivity (Wildman–Crippen MR) is 115 cm³/mol. The predicted octanol–water partition coefficient (Wildman–Crippen LogP) is 2.93. The van der Waals surface area contributed by atoms with Crippen LogP contribution in [-0.2, 0) is 10.2 Å². The molecule has 0 aliphatic carbocycles. The average Bonchev–Trinajstić information content (AvgIpc) is 2.66. The molecule has 0 radical (unpaired) electrons. The fourth-order valence-electron chi connectivity index (χ4n) is 3.21. The largest absolute Gasteiger partial charge is 0.497 e. The normalized spacial score (nSPS) is 16.0. The van der Waals surface area contributed by atoms with Crippen LogP contribution in [-0.4, -0.2) is 80.2 Å². The van der Waals surface area contributed by atoms with Gasteiger partial charge < -0.3 is 24.2 Å². The van der Waals surface area contributed by atoms with E-state index in [1.807, 2.05) is 18.2 Å². The molecule has 1 aliphatic rings. The summed E-state index contributed by atoms with van der Waals surface area (Å²) in [6.45, 7) is 11.9. The van der Waals surface area contributed by atoms with Gasteiger partial charge in [0.1, 0.15) is 24.2 Å². The Bertz CT molecular complexity index is 642. The number of aliphatic hydroxyl groups is 1. The second kappa shape index (κ2) is 11.5. The van der Waals surface area contributed by atoms with Crippen molar-refractivity contribution in [1.82, 2.24) is 9.80 Å². The zero-order chi connectivity index (χ0) is 20.7. The number of amides is 1. The number of piperazine rings is 1. The number of rotatable bonds is 7. The summed E-state index contributed by atoms with van der Waals surface area (Å²) in [6, 6.07) is 5.74. The summed E-state index contributed by atoms with van der Waals surface area (Å²) in [4.78, 5) is 15.6. The van der Waals surface area contributed by atoms with Crippen molar-refractivity contribution in [2.75, 3.05) is 53.0 Å². The van der Waals surface area contributed by atoms with Gasteiger partial charge >= 0.3 is 6.09 Å². The molecule has 1 heterocycles. The molecular formula is C21H35ClN2O5. The van der Waals surface area contributed by atoms with Gasteiger partial charge in [0.15, 0.2) is 0 Å². The van der Waals surface area contributed by atoms with Crippen LogP contribution < -0.4 is 9.47 Å². The third kappa shape index (κ3) is 7.57. The summed E-state index contributed by atoms with van der Waals surface area (Å²) in [6.07, 6.45) is -0.871. The summed E-state index contributed by atoms with van der Waals surface area (Å²) in [5.41, 5.74) is 0.945. The Morgan fingerprint density at radius 3 is 2.41 bits per heavy atom. The van der Waals surface area contributed by atoms with Crippen LogP contribution in [0, 0.1) is 0 Å². The van der Waals surface area contributed by atoms with Gasteiger partial charge in [-0.2, -0.15) is 0 Å². The van der Waals surface area contributed by atoms with E-state index in [-0.39, 0.29) is 30.5 Å². The number of nitrogens with zero attached hydrogens (tertiary/aromatic N) is 2. The van der Waals surface area contributed by atoms with Crippen LogP contribution in [0.15, 0.2) is 18.2 Å². The zero-order valence-electron chi connectivity index (χ0n) is 18.1. The molecule has 1 unspecified atom stereocenters. The Morgan fingerprint density at radius 2 is 1.86 bits per heavy atom. The minimum atomic E-state index is -0.607. The number of aliphatic hydroxyl groups excluding tert-OH is 1. The smallest absolute Gasteiger partial charge is 0.409 e. The van der Waals surface area contributed by atoms with Gasteiger partial charge in [0.25, 0.3) is 0 Å². The van der Waals surface area contributed by atoms with Crippen LogP contribution >= 0.6 is 12.4 Å². The van der Waals surface area contributed by atoms with Crippen molar-refractivity contribution in [3.63, 3.8) is 0 Å². The highest BCUT2D eigenvalue weighted by Gasteiger charge is 2.24. The van der Waals surface area contributed by atoms with E-state index in [1.54, 1.807) is 18.9 Å². The van der Waals surface area contributed by atoms with Gasteiger partial charge in [-0.05, 0) is 30.5 Å². The first-order chi connectivity index (χ1) is 13.2. The molecule has 7 nitrogen and oxygen atoms in total. The van der Waals surface area contributed by atoms with E-state index in [0.717, 1.165) is 17.1 Å². The highest BCUT2D eigenvalue weighted by atomic mass is 35.5. The molecule has 1 aromatic carbocycles. The van der Waals surface area contributed by atoms with Gasteiger partial charge in [0.05, 0.1) is 13.7 Å². The molecular weight excluding hydrogens is 396 g/mol. The first-order valence-corrected chi connectivity index (χ1v) is 9.88. The molecule has 2 rings (SSSR count). The maximum absolute atomic E-state index is 11.8. The number of carbonyl (C=O) groups excluding carboxylic acids is 1. The van der Waals surface area contributed by atoms with E-state index in [2.05, 4.69) is 25.7 Å². The highest BCUT2D eigenvalue weighted by Crippen LogP contribution is 2.34. The Labute approximate surface area is 180 Å². The lowest BCUT2D eigenvalue weighted by Gasteiger charge is -2.35. The van der Waals surface area contributed by atoms with Gasteiger partial charge in [0.2, 0.25) is 0 Å². The van der Waals surface area contributed by atoms with Gasteiger partial charge in [-0.3, -0.25) is 4.90 Å². The number of methoxy groups -OCH3 is 1.